The lowest BCUT2D eigenvalue weighted by Gasteiger charge is -2.36. The third-order valence-electron chi connectivity index (χ3n) is 4.96. The van der Waals surface area contributed by atoms with Gasteiger partial charge in [-0.05, 0) is 30.5 Å². The fourth-order valence-electron chi connectivity index (χ4n) is 3.50. The van der Waals surface area contributed by atoms with Crippen molar-refractivity contribution in [1.82, 2.24) is 4.90 Å². The normalized spacial score (nSPS) is 23.3. The van der Waals surface area contributed by atoms with E-state index < -0.39 is 21.6 Å². The van der Waals surface area contributed by atoms with E-state index in [-0.39, 0.29) is 29.8 Å². The largest absolute Gasteiger partial charge is 0.416 e. The predicted octanol–water partition coefficient (Wildman–Crippen LogP) is 2.18. The zero-order valence-electron chi connectivity index (χ0n) is 14.2. The summed E-state index contributed by atoms with van der Waals surface area (Å²) in [6.07, 6.45) is -3.63. The van der Waals surface area contributed by atoms with E-state index >= 15 is 0 Å². The van der Waals surface area contributed by atoms with Crippen LogP contribution in [0.4, 0.5) is 18.9 Å². The number of hydrogen-bond acceptors (Lipinski definition) is 4. The smallest absolute Gasteiger partial charge is 0.368 e. The molecule has 2 fully saturated rings. The first kappa shape index (κ1) is 19.0. The molecule has 2 aliphatic rings. The minimum absolute atomic E-state index is 0.0724. The molecule has 0 unspecified atom stereocenters. The Labute approximate surface area is 150 Å². The minimum Gasteiger partial charge on any atom is -0.368 e. The molecule has 1 aromatic carbocycles. The molecule has 1 amide bonds. The van der Waals surface area contributed by atoms with Crippen molar-refractivity contribution in [3.8, 4) is 0 Å². The molecule has 0 bridgehead atoms. The van der Waals surface area contributed by atoms with Crippen molar-refractivity contribution in [2.75, 3.05) is 42.6 Å². The van der Waals surface area contributed by atoms with Gasteiger partial charge in [0.15, 0.2) is 9.84 Å². The summed E-state index contributed by atoms with van der Waals surface area (Å²) in [5.74, 6) is 0.0294. The summed E-state index contributed by atoms with van der Waals surface area (Å²) in [5, 5.41) is 0. The molecule has 2 heterocycles. The summed E-state index contributed by atoms with van der Waals surface area (Å²) >= 11 is 0. The van der Waals surface area contributed by atoms with E-state index in [1.807, 2.05) is 4.90 Å². The zero-order valence-corrected chi connectivity index (χ0v) is 15.0. The van der Waals surface area contributed by atoms with Gasteiger partial charge >= 0.3 is 6.18 Å². The van der Waals surface area contributed by atoms with Gasteiger partial charge in [-0.1, -0.05) is 6.07 Å². The van der Waals surface area contributed by atoms with Gasteiger partial charge < -0.3 is 9.80 Å². The van der Waals surface area contributed by atoms with Gasteiger partial charge in [0.2, 0.25) is 5.91 Å². The number of amides is 1. The molecule has 1 atom stereocenters. The highest BCUT2D eigenvalue weighted by Gasteiger charge is 2.33. The number of anilines is 1. The van der Waals surface area contributed by atoms with Gasteiger partial charge in [-0.25, -0.2) is 8.42 Å². The molecule has 0 aromatic heterocycles. The van der Waals surface area contributed by atoms with E-state index in [0.29, 0.717) is 38.3 Å². The molecule has 2 saturated heterocycles. The molecule has 0 saturated carbocycles. The lowest BCUT2D eigenvalue weighted by Crippen LogP contribution is -2.49. The van der Waals surface area contributed by atoms with Crippen molar-refractivity contribution in [3.63, 3.8) is 0 Å². The third-order valence-corrected chi connectivity index (χ3v) is 6.80. The van der Waals surface area contributed by atoms with Crippen LogP contribution in [-0.2, 0) is 20.8 Å². The van der Waals surface area contributed by atoms with Crippen LogP contribution >= 0.6 is 0 Å². The standard InChI is InChI=1S/C17H21F3N2O3S/c18-17(19,20)14-2-1-3-15(11-14)21-5-7-22(8-6-21)16(23)10-13-4-9-26(24,25)12-13/h1-3,11,13H,4-10,12H2/t13-/m1/s1. The van der Waals surface area contributed by atoms with Gasteiger partial charge in [-0.2, -0.15) is 13.2 Å². The number of nitrogens with zero attached hydrogens (tertiary/aromatic N) is 2. The summed E-state index contributed by atoms with van der Waals surface area (Å²) in [6, 6.07) is 5.19. The predicted molar refractivity (Wildman–Crippen MR) is 91.6 cm³/mol. The van der Waals surface area contributed by atoms with E-state index in [1.165, 1.54) is 6.07 Å². The maximum absolute atomic E-state index is 12.8. The van der Waals surface area contributed by atoms with Crippen LogP contribution < -0.4 is 4.90 Å². The van der Waals surface area contributed by atoms with Crippen LogP contribution in [-0.4, -0.2) is 56.9 Å². The minimum atomic E-state index is -4.38. The number of benzene rings is 1. The first-order chi connectivity index (χ1) is 12.1. The average molecular weight is 390 g/mol. The molecule has 0 radical (unpaired) electrons. The maximum atomic E-state index is 12.8. The highest BCUT2D eigenvalue weighted by molar-refractivity contribution is 7.91. The number of carbonyl (C=O) groups excluding carboxylic acids is 1. The Hall–Kier alpha value is -1.77. The van der Waals surface area contributed by atoms with Crippen LogP contribution in [0.25, 0.3) is 0 Å². The number of halogens is 3. The Morgan fingerprint density at radius 3 is 2.42 bits per heavy atom. The van der Waals surface area contributed by atoms with Gasteiger partial charge in [0.05, 0.1) is 17.1 Å². The Morgan fingerprint density at radius 2 is 1.85 bits per heavy atom. The first-order valence-electron chi connectivity index (χ1n) is 8.54. The Kier molecular flexibility index (Phi) is 5.18. The number of piperazine rings is 1. The zero-order chi connectivity index (χ0) is 18.9. The molecule has 0 N–H and O–H groups in total. The third kappa shape index (κ3) is 4.49. The quantitative estimate of drug-likeness (QED) is 0.794. The summed E-state index contributed by atoms with van der Waals surface area (Å²) in [4.78, 5) is 15.9. The van der Waals surface area contributed by atoms with Crippen molar-refractivity contribution in [2.45, 2.75) is 19.0 Å². The van der Waals surface area contributed by atoms with E-state index in [4.69, 9.17) is 0 Å². The molecule has 144 valence electrons. The van der Waals surface area contributed by atoms with Crippen molar-refractivity contribution in [3.05, 3.63) is 29.8 Å². The van der Waals surface area contributed by atoms with Gasteiger partial charge in [0, 0.05) is 38.3 Å². The second kappa shape index (κ2) is 7.09. The molecule has 0 spiro atoms. The fraction of sp³-hybridized carbons (Fsp3) is 0.588. The Bertz CT molecular complexity index is 772. The van der Waals surface area contributed by atoms with Crippen LogP contribution in [0.1, 0.15) is 18.4 Å². The number of rotatable bonds is 3. The second-order valence-corrected chi connectivity index (χ2v) is 9.12. The molecular weight excluding hydrogens is 369 g/mol. The Morgan fingerprint density at radius 1 is 1.15 bits per heavy atom. The van der Waals surface area contributed by atoms with Gasteiger partial charge in [0.25, 0.3) is 0 Å². The molecular formula is C17H21F3N2O3S. The molecule has 2 aliphatic heterocycles. The van der Waals surface area contributed by atoms with Gasteiger partial charge in [-0.15, -0.1) is 0 Å². The SMILES string of the molecule is O=C(C[C@H]1CCS(=O)(=O)C1)N1CCN(c2cccc(C(F)(F)F)c2)CC1. The lowest BCUT2D eigenvalue weighted by atomic mass is 10.0. The summed E-state index contributed by atoms with van der Waals surface area (Å²) in [7, 11) is -3.00. The number of hydrogen-bond donors (Lipinski definition) is 0. The summed E-state index contributed by atoms with van der Waals surface area (Å²) < 4.78 is 61.5. The highest BCUT2D eigenvalue weighted by atomic mass is 32.2. The lowest BCUT2D eigenvalue weighted by molar-refractivity contribution is -0.137. The van der Waals surface area contributed by atoms with Gasteiger partial charge in [0.1, 0.15) is 0 Å². The van der Waals surface area contributed by atoms with Crippen molar-refractivity contribution in [2.24, 2.45) is 5.92 Å². The fourth-order valence-corrected chi connectivity index (χ4v) is 5.36. The highest BCUT2D eigenvalue weighted by Crippen LogP contribution is 2.32. The molecule has 1 aromatic rings. The van der Waals surface area contributed by atoms with Crippen LogP contribution in [0.3, 0.4) is 0 Å². The number of carbonyl (C=O) groups is 1. The average Bonchev–Trinajstić information content (AvgIpc) is 2.93. The van der Waals surface area contributed by atoms with Crippen LogP contribution in [0.2, 0.25) is 0 Å². The number of alkyl halides is 3. The topological polar surface area (TPSA) is 57.7 Å². The molecule has 9 heteroatoms. The van der Waals surface area contributed by atoms with Crippen molar-refractivity contribution >= 4 is 21.4 Å². The molecule has 3 rings (SSSR count). The van der Waals surface area contributed by atoms with Crippen LogP contribution in [0.15, 0.2) is 24.3 Å². The van der Waals surface area contributed by atoms with E-state index in [9.17, 15) is 26.4 Å². The summed E-state index contributed by atoms with van der Waals surface area (Å²) in [6.45, 7) is 1.76. The molecule has 26 heavy (non-hydrogen) atoms. The Balaban J connectivity index is 1.55. The maximum Gasteiger partial charge on any atom is 0.416 e. The summed E-state index contributed by atoms with van der Waals surface area (Å²) in [5.41, 5.74) is -0.190. The van der Waals surface area contributed by atoms with E-state index in [2.05, 4.69) is 0 Å². The van der Waals surface area contributed by atoms with Crippen molar-refractivity contribution < 1.29 is 26.4 Å². The number of sulfone groups is 1. The second-order valence-electron chi connectivity index (χ2n) is 6.89. The van der Waals surface area contributed by atoms with Crippen molar-refractivity contribution in [1.29, 1.82) is 0 Å². The van der Waals surface area contributed by atoms with Crippen LogP contribution in [0, 0.1) is 5.92 Å². The molecule has 0 aliphatic carbocycles. The molecule has 5 nitrogen and oxygen atoms in total. The first-order valence-corrected chi connectivity index (χ1v) is 10.4. The van der Waals surface area contributed by atoms with Crippen LogP contribution in [0.5, 0.6) is 0 Å². The van der Waals surface area contributed by atoms with Gasteiger partial charge in [-0.3, -0.25) is 4.79 Å². The van der Waals surface area contributed by atoms with E-state index in [1.54, 1.807) is 11.0 Å². The van der Waals surface area contributed by atoms with E-state index in [0.717, 1.165) is 12.1 Å². The monoisotopic (exact) mass is 390 g/mol.